The summed E-state index contributed by atoms with van der Waals surface area (Å²) in [5.74, 6) is 0.207. The van der Waals surface area contributed by atoms with Crippen molar-refractivity contribution in [1.82, 2.24) is 4.90 Å². The van der Waals surface area contributed by atoms with Gasteiger partial charge in [0, 0.05) is 6.54 Å². The lowest BCUT2D eigenvalue weighted by atomic mass is 10.1. The Labute approximate surface area is 132 Å². The number of unbranched alkanes of at least 4 members (excludes halogenated alkanes) is 1. The zero-order chi connectivity index (χ0) is 16.1. The molecule has 0 saturated carbocycles. The molecule has 1 aliphatic rings. The number of hydrogen-bond acceptors (Lipinski definition) is 3. The Morgan fingerprint density at radius 1 is 1.14 bits per heavy atom. The van der Waals surface area contributed by atoms with Crippen molar-refractivity contribution in [2.45, 2.75) is 39.2 Å². The molecule has 1 aliphatic heterocycles. The number of amides is 3. The molecule has 2 rings (SSSR count). The Hall–Kier alpha value is -1.88. The van der Waals surface area contributed by atoms with Crippen molar-refractivity contribution in [1.29, 1.82) is 0 Å². The van der Waals surface area contributed by atoms with Crippen molar-refractivity contribution in [3.63, 3.8) is 0 Å². The Kier molecular flexibility index (Phi) is 5.55. The van der Waals surface area contributed by atoms with Crippen LogP contribution in [0.5, 0.6) is 0 Å². The summed E-state index contributed by atoms with van der Waals surface area (Å²) in [6, 6.07) is 8.58. The standard InChI is InChI=1S/C17H25N3O2/c1-13(2)12-19-15(10-6-7-11-18)16(21)20(17(19)22)14-8-4-3-5-9-14/h3-5,8-9,13,15H,6-7,10-12,18H2,1-2H3/t15-/m0/s1. The minimum atomic E-state index is -0.360. The lowest BCUT2D eigenvalue weighted by Crippen LogP contribution is -2.38. The SMILES string of the molecule is CC(C)CN1C(=O)N(c2ccccc2)C(=O)[C@@H]1CCCCN. The average Bonchev–Trinajstić information content (AvgIpc) is 2.72. The predicted octanol–water partition coefficient (Wildman–Crippen LogP) is 2.61. The summed E-state index contributed by atoms with van der Waals surface area (Å²) in [6.07, 6.45) is 2.41. The molecule has 120 valence electrons. The molecule has 0 aliphatic carbocycles. The Balaban J connectivity index is 2.23. The van der Waals surface area contributed by atoms with Gasteiger partial charge in [-0.25, -0.2) is 9.69 Å². The number of hydrogen-bond donors (Lipinski definition) is 1. The predicted molar refractivity (Wildman–Crippen MR) is 87.6 cm³/mol. The first-order chi connectivity index (χ1) is 10.6. The van der Waals surface area contributed by atoms with Crippen molar-refractivity contribution < 1.29 is 9.59 Å². The van der Waals surface area contributed by atoms with Crippen molar-refractivity contribution in [3.05, 3.63) is 30.3 Å². The molecule has 1 atom stereocenters. The van der Waals surface area contributed by atoms with E-state index in [-0.39, 0.29) is 18.0 Å². The van der Waals surface area contributed by atoms with Gasteiger partial charge in [0.1, 0.15) is 6.04 Å². The first-order valence-electron chi connectivity index (χ1n) is 7.96. The molecule has 1 heterocycles. The van der Waals surface area contributed by atoms with E-state index >= 15 is 0 Å². The summed E-state index contributed by atoms with van der Waals surface area (Å²) in [4.78, 5) is 28.5. The number of benzene rings is 1. The molecule has 5 nitrogen and oxygen atoms in total. The van der Waals surface area contributed by atoms with Crippen molar-refractivity contribution in [3.8, 4) is 0 Å². The van der Waals surface area contributed by atoms with Crippen molar-refractivity contribution >= 4 is 17.6 Å². The van der Waals surface area contributed by atoms with Crippen LogP contribution in [-0.4, -0.2) is 36.0 Å². The number of imide groups is 1. The molecule has 0 unspecified atom stereocenters. The Morgan fingerprint density at radius 3 is 2.41 bits per heavy atom. The molecule has 5 heteroatoms. The summed E-state index contributed by atoms with van der Waals surface area (Å²) < 4.78 is 0. The zero-order valence-corrected chi connectivity index (χ0v) is 13.4. The second-order valence-corrected chi connectivity index (χ2v) is 6.14. The summed E-state index contributed by atoms with van der Waals surface area (Å²) in [7, 11) is 0. The summed E-state index contributed by atoms with van der Waals surface area (Å²) >= 11 is 0. The minimum Gasteiger partial charge on any atom is -0.330 e. The Bertz CT molecular complexity index is 516. The topological polar surface area (TPSA) is 66.6 Å². The zero-order valence-electron chi connectivity index (χ0n) is 13.4. The van der Waals surface area contributed by atoms with Crippen LogP contribution in [0, 0.1) is 5.92 Å². The maximum absolute atomic E-state index is 12.7. The van der Waals surface area contributed by atoms with Crippen LogP contribution in [0.25, 0.3) is 0 Å². The number of nitrogens with two attached hydrogens (primary N) is 1. The lowest BCUT2D eigenvalue weighted by Gasteiger charge is -2.23. The van der Waals surface area contributed by atoms with Crippen LogP contribution < -0.4 is 10.6 Å². The molecular formula is C17H25N3O2. The van der Waals surface area contributed by atoms with E-state index in [1.165, 1.54) is 4.90 Å². The second kappa shape index (κ2) is 7.40. The number of rotatable bonds is 7. The normalized spacial score (nSPS) is 18.6. The number of urea groups is 1. The van der Waals surface area contributed by atoms with Gasteiger partial charge < -0.3 is 10.6 Å². The van der Waals surface area contributed by atoms with Crippen molar-refractivity contribution in [2.24, 2.45) is 11.7 Å². The van der Waals surface area contributed by atoms with Crippen LogP contribution in [0.15, 0.2) is 30.3 Å². The number of carbonyl (C=O) groups excluding carboxylic acids is 2. The molecule has 1 saturated heterocycles. The van der Waals surface area contributed by atoms with Crippen LogP contribution in [0.2, 0.25) is 0 Å². The van der Waals surface area contributed by atoms with Crippen LogP contribution in [0.1, 0.15) is 33.1 Å². The molecule has 2 N–H and O–H groups in total. The van der Waals surface area contributed by atoms with E-state index in [0.29, 0.717) is 31.1 Å². The van der Waals surface area contributed by atoms with E-state index in [4.69, 9.17) is 5.73 Å². The number of nitrogens with zero attached hydrogens (tertiary/aromatic N) is 2. The van der Waals surface area contributed by atoms with Crippen molar-refractivity contribution in [2.75, 3.05) is 18.0 Å². The van der Waals surface area contributed by atoms with Gasteiger partial charge in [0.2, 0.25) is 0 Å². The van der Waals surface area contributed by atoms with E-state index in [2.05, 4.69) is 13.8 Å². The molecule has 0 spiro atoms. The number of anilines is 1. The average molecular weight is 303 g/mol. The van der Waals surface area contributed by atoms with Gasteiger partial charge in [-0.15, -0.1) is 0 Å². The highest BCUT2D eigenvalue weighted by atomic mass is 16.2. The van der Waals surface area contributed by atoms with Gasteiger partial charge in [-0.05, 0) is 43.9 Å². The van der Waals surface area contributed by atoms with E-state index in [0.717, 1.165) is 12.8 Å². The summed E-state index contributed by atoms with van der Waals surface area (Å²) in [5.41, 5.74) is 6.18. The first kappa shape index (κ1) is 16.5. The highest BCUT2D eigenvalue weighted by molar-refractivity contribution is 6.21. The van der Waals surface area contributed by atoms with Gasteiger partial charge in [0.05, 0.1) is 5.69 Å². The molecule has 1 aromatic rings. The van der Waals surface area contributed by atoms with E-state index in [1.807, 2.05) is 18.2 Å². The molecular weight excluding hydrogens is 278 g/mol. The van der Waals surface area contributed by atoms with Gasteiger partial charge in [-0.1, -0.05) is 32.0 Å². The fourth-order valence-corrected chi connectivity index (χ4v) is 2.81. The van der Waals surface area contributed by atoms with Crippen LogP contribution in [0.3, 0.4) is 0 Å². The third-order valence-corrected chi connectivity index (χ3v) is 3.83. The maximum atomic E-state index is 12.7. The van der Waals surface area contributed by atoms with Gasteiger partial charge in [0.25, 0.3) is 5.91 Å². The molecule has 0 aromatic heterocycles. The van der Waals surface area contributed by atoms with Crippen LogP contribution in [0.4, 0.5) is 10.5 Å². The summed E-state index contributed by atoms with van der Waals surface area (Å²) in [6.45, 7) is 5.32. The molecule has 3 amide bonds. The maximum Gasteiger partial charge on any atom is 0.332 e. The van der Waals surface area contributed by atoms with E-state index in [9.17, 15) is 9.59 Å². The highest BCUT2D eigenvalue weighted by Gasteiger charge is 2.45. The molecule has 1 fully saturated rings. The third kappa shape index (κ3) is 3.47. The number of carbonyl (C=O) groups is 2. The van der Waals surface area contributed by atoms with Gasteiger partial charge in [0.15, 0.2) is 0 Å². The largest absolute Gasteiger partial charge is 0.332 e. The summed E-state index contributed by atoms with van der Waals surface area (Å²) in [5, 5.41) is 0. The fourth-order valence-electron chi connectivity index (χ4n) is 2.81. The molecule has 1 aromatic carbocycles. The number of para-hydroxylation sites is 1. The monoisotopic (exact) mass is 303 g/mol. The Morgan fingerprint density at radius 2 is 1.82 bits per heavy atom. The molecule has 22 heavy (non-hydrogen) atoms. The highest BCUT2D eigenvalue weighted by Crippen LogP contribution is 2.28. The fraction of sp³-hybridized carbons (Fsp3) is 0.529. The minimum absolute atomic E-state index is 0.117. The van der Waals surface area contributed by atoms with E-state index < -0.39 is 0 Å². The quantitative estimate of drug-likeness (QED) is 0.622. The second-order valence-electron chi connectivity index (χ2n) is 6.14. The van der Waals surface area contributed by atoms with Crippen LogP contribution >= 0.6 is 0 Å². The molecule has 0 bridgehead atoms. The third-order valence-electron chi connectivity index (χ3n) is 3.83. The molecule has 0 radical (unpaired) electrons. The van der Waals surface area contributed by atoms with Gasteiger partial charge >= 0.3 is 6.03 Å². The lowest BCUT2D eigenvalue weighted by molar-refractivity contribution is -0.120. The van der Waals surface area contributed by atoms with Gasteiger partial charge in [-0.2, -0.15) is 0 Å². The van der Waals surface area contributed by atoms with Gasteiger partial charge in [-0.3, -0.25) is 4.79 Å². The van der Waals surface area contributed by atoms with E-state index in [1.54, 1.807) is 17.0 Å². The smallest absolute Gasteiger partial charge is 0.330 e. The van der Waals surface area contributed by atoms with Crippen LogP contribution in [-0.2, 0) is 4.79 Å². The first-order valence-corrected chi connectivity index (χ1v) is 7.96.